The topological polar surface area (TPSA) is 60.9 Å². The lowest BCUT2D eigenvalue weighted by Crippen LogP contribution is -2.24. The third kappa shape index (κ3) is 2.99. The number of hydrogen-bond acceptors (Lipinski definition) is 3. The molecule has 0 fully saturated rings. The first kappa shape index (κ1) is 14.9. The van der Waals surface area contributed by atoms with Crippen LogP contribution in [0, 0.1) is 0 Å². The standard InChI is InChI=1S/C15H18BrN3O/c1-2-8-19-14(13(16)10-18-19)15(20)12(9-17)11-6-4-3-5-7-11/h3-7,10,12H,2,8-9,17H2,1H3. The molecule has 0 saturated heterocycles. The summed E-state index contributed by atoms with van der Waals surface area (Å²) >= 11 is 3.41. The first-order chi connectivity index (χ1) is 9.69. The van der Waals surface area contributed by atoms with Gasteiger partial charge < -0.3 is 5.73 Å². The van der Waals surface area contributed by atoms with Crippen LogP contribution in [0.25, 0.3) is 0 Å². The van der Waals surface area contributed by atoms with Gasteiger partial charge in [0, 0.05) is 13.1 Å². The molecule has 0 bridgehead atoms. The van der Waals surface area contributed by atoms with Gasteiger partial charge in [0.1, 0.15) is 5.69 Å². The Morgan fingerprint density at radius 1 is 1.40 bits per heavy atom. The Balaban J connectivity index is 2.36. The molecule has 0 aliphatic heterocycles. The number of benzene rings is 1. The van der Waals surface area contributed by atoms with Crippen LogP contribution >= 0.6 is 15.9 Å². The number of Topliss-reactive ketones (excluding diaryl/α,β-unsaturated/α-hetero) is 1. The molecule has 20 heavy (non-hydrogen) atoms. The number of nitrogens with zero attached hydrogens (tertiary/aromatic N) is 2. The largest absolute Gasteiger partial charge is 0.329 e. The van der Waals surface area contributed by atoms with Crippen molar-refractivity contribution in [2.45, 2.75) is 25.8 Å². The summed E-state index contributed by atoms with van der Waals surface area (Å²) in [5.41, 5.74) is 7.36. The van der Waals surface area contributed by atoms with Crippen LogP contribution in [0.4, 0.5) is 0 Å². The average Bonchev–Trinajstić information content (AvgIpc) is 2.82. The highest BCUT2D eigenvalue weighted by molar-refractivity contribution is 9.10. The Labute approximate surface area is 127 Å². The van der Waals surface area contributed by atoms with Crippen LogP contribution in [0.15, 0.2) is 41.0 Å². The highest BCUT2D eigenvalue weighted by Gasteiger charge is 2.25. The molecule has 1 aromatic heterocycles. The molecule has 0 aliphatic carbocycles. The SMILES string of the molecule is CCCn1ncc(Br)c1C(=O)C(CN)c1ccccc1. The van der Waals surface area contributed by atoms with Gasteiger partial charge in [0.05, 0.1) is 16.6 Å². The van der Waals surface area contributed by atoms with Gasteiger partial charge in [-0.3, -0.25) is 9.48 Å². The summed E-state index contributed by atoms with van der Waals surface area (Å²) in [6.07, 6.45) is 2.59. The van der Waals surface area contributed by atoms with Gasteiger partial charge >= 0.3 is 0 Å². The number of halogens is 1. The van der Waals surface area contributed by atoms with Crippen molar-refractivity contribution in [3.05, 3.63) is 52.3 Å². The summed E-state index contributed by atoms with van der Waals surface area (Å²) in [5.74, 6) is -0.323. The molecule has 2 rings (SSSR count). The molecule has 0 amide bonds. The first-order valence-electron chi connectivity index (χ1n) is 6.69. The van der Waals surface area contributed by atoms with E-state index < -0.39 is 0 Å². The number of hydrogen-bond donors (Lipinski definition) is 1. The number of aryl methyl sites for hydroxylation is 1. The number of ketones is 1. The lowest BCUT2D eigenvalue weighted by atomic mass is 9.93. The predicted molar refractivity (Wildman–Crippen MR) is 82.8 cm³/mol. The summed E-state index contributed by atoms with van der Waals surface area (Å²) < 4.78 is 2.48. The van der Waals surface area contributed by atoms with E-state index in [2.05, 4.69) is 28.0 Å². The summed E-state index contributed by atoms with van der Waals surface area (Å²) in [4.78, 5) is 12.8. The van der Waals surface area contributed by atoms with Crippen molar-refractivity contribution in [2.24, 2.45) is 5.73 Å². The minimum atomic E-state index is -0.334. The van der Waals surface area contributed by atoms with Crippen molar-refractivity contribution in [1.29, 1.82) is 0 Å². The maximum Gasteiger partial charge on any atom is 0.190 e. The molecule has 0 aliphatic rings. The summed E-state index contributed by atoms with van der Waals surface area (Å²) in [6.45, 7) is 3.06. The molecule has 1 unspecified atom stereocenters. The molecule has 4 nitrogen and oxygen atoms in total. The van der Waals surface area contributed by atoms with E-state index in [1.165, 1.54) is 0 Å². The number of carbonyl (C=O) groups excluding carboxylic acids is 1. The summed E-state index contributed by atoms with van der Waals surface area (Å²) in [7, 11) is 0. The fraction of sp³-hybridized carbons (Fsp3) is 0.333. The van der Waals surface area contributed by atoms with Crippen LogP contribution in [0.2, 0.25) is 0 Å². The minimum Gasteiger partial charge on any atom is -0.329 e. The van der Waals surface area contributed by atoms with Crippen molar-refractivity contribution >= 4 is 21.7 Å². The van der Waals surface area contributed by atoms with Crippen LogP contribution in [-0.4, -0.2) is 22.1 Å². The molecular formula is C15H18BrN3O. The number of nitrogens with two attached hydrogens (primary N) is 1. The normalized spacial score (nSPS) is 12.3. The van der Waals surface area contributed by atoms with Gasteiger partial charge in [-0.1, -0.05) is 37.3 Å². The van der Waals surface area contributed by atoms with Crippen molar-refractivity contribution < 1.29 is 4.79 Å². The molecule has 0 radical (unpaired) electrons. The molecule has 0 saturated carbocycles. The highest BCUT2D eigenvalue weighted by Crippen LogP contribution is 2.25. The zero-order valence-electron chi connectivity index (χ0n) is 11.4. The van der Waals surface area contributed by atoms with Crippen LogP contribution in [-0.2, 0) is 6.54 Å². The van der Waals surface area contributed by atoms with Crippen molar-refractivity contribution in [1.82, 2.24) is 9.78 Å². The second kappa shape index (κ2) is 6.81. The lowest BCUT2D eigenvalue weighted by molar-refractivity contribution is 0.0950. The fourth-order valence-corrected chi connectivity index (χ4v) is 2.73. The maximum absolute atomic E-state index is 12.8. The second-order valence-corrected chi connectivity index (χ2v) is 5.48. The Morgan fingerprint density at radius 3 is 2.70 bits per heavy atom. The van der Waals surface area contributed by atoms with Crippen LogP contribution in [0.5, 0.6) is 0 Å². The van der Waals surface area contributed by atoms with E-state index in [1.807, 2.05) is 30.3 Å². The smallest absolute Gasteiger partial charge is 0.190 e. The third-order valence-corrected chi connectivity index (χ3v) is 3.80. The molecule has 106 valence electrons. The van der Waals surface area contributed by atoms with E-state index >= 15 is 0 Å². The van der Waals surface area contributed by atoms with Gasteiger partial charge in [-0.25, -0.2) is 0 Å². The zero-order valence-corrected chi connectivity index (χ0v) is 13.0. The van der Waals surface area contributed by atoms with Crippen LogP contribution in [0.3, 0.4) is 0 Å². The summed E-state index contributed by atoms with van der Waals surface area (Å²) in [6, 6.07) is 9.64. The molecule has 2 N–H and O–H groups in total. The second-order valence-electron chi connectivity index (χ2n) is 4.63. The molecule has 5 heteroatoms. The molecular weight excluding hydrogens is 318 g/mol. The molecule has 1 heterocycles. The Bertz CT molecular complexity index is 580. The van der Waals surface area contributed by atoms with Gasteiger partial charge in [0.25, 0.3) is 0 Å². The number of carbonyl (C=O) groups is 1. The molecule has 1 aromatic carbocycles. The highest BCUT2D eigenvalue weighted by atomic mass is 79.9. The Kier molecular flexibility index (Phi) is 5.09. The minimum absolute atomic E-state index is 0.0107. The van der Waals surface area contributed by atoms with Gasteiger partial charge in [-0.05, 0) is 27.9 Å². The van der Waals surface area contributed by atoms with Gasteiger partial charge in [0.15, 0.2) is 5.78 Å². The Morgan fingerprint density at radius 2 is 2.10 bits per heavy atom. The van der Waals surface area contributed by atoms with E-state index in [1.54, 1.807) is 10.9 Å². The Hall–Kier alpha value is -1.46. The van der Waals surface area contributed by atoms with Gasteiger partial charge in [-0.2, -0.15) is 5.10 Å². The first-order valence-corrected chi connectivity index (χ1v) is 7.48. The van der Waals surface area contributed by atoms with Crippen molar-refractivity contribution in [3.63, 3.8) is 0 Å². The van der Waals surface area contributed by atoms with Crippen molar-refractivity contribution in [3.8, 4) is 0 Å². The van der Waals surface area contributed by atoms with E-state index in [0.717, 1.165) is 23.0 Å². The van der Waals surface area contributed by atoms with Gasteiger partial charge in [0.2, 0.25) is 0 Å². The van der Waals surface area contributed by atoms with Gasteiger partial charge in [-0.15, -0.1) is 0 Å². The van der Waals surface area contributed by atoms with Crippen LogP contribution in [0.1, 0.15) is 35.3 Å². The molecule has 2 aromatic rings. The monoisotopic (exact) mass is 335 g/mol. The number of aromatic nitrogens is 2. The van der Waals surface area contributed by atoms with Crippen LogP contribution < -0.4 is 5.73 Å². The fourth-order valence-electron chi connectivity index (χ4n) is 2.23. The summed E-state index contributed by atoms with van der Waals surface area (Å²) in [5, 5.41) is 4.25. The lowest BCUT2D eigenvalue weighted by Gasteiger charge is -2.15. The third-order valence-electron chi connectivity index (χ3n) is 3.22. The zero-order chi connectivity index (χ0) is 14.5. The molecule has 1 atom stereocenters. The average molecular weight is 336 g/mol. The van der Waals surface area contributed by atoms with E-state index in [4.69, 9.17) is 5.73 Å². The number of rotatable bonds is 6. The maximum atomic E-state index is 12.8. The quantitative estimate of drug-likeness (QED) is 0.825. The van der Waals surface area contributed by atoms with Crippen molar-refractivity contribution in [2.75, 3.05) is 6.54 Å². The molecule has 0 spiro atoms. The van der Waals surface area contributed by atoms with E-state index in [9.17, 15) is 4.79 Å². The van der Waals surface area contributed by atoms with E-state index in [-0.39, 0.29) is 18.2 Å². The predicted octanol–water partition coefficient (Wildman–Crippen LogP) is 2.98. The van der Waals surface area contributed by atoms with E-state index in [0.29, 0.717) is 5.69 Å².